The Morgan fingerprint density at radius 1 is 1.33 bits per heavy atom. The Bertz CT molecular complexity index is 715. The fourth-order valence-electron chi connectivity index (χ4n) is 2.60. The highest BCUT2D eigenvalue weighted by atomic mass is 35.5. The summed E-state index contributed by atoms with van der Waals surface area (Å²) in [4.78, 5) is 17.2. The number of aliphatic imine (C=N–C) groups is 1. The predicted octanol–water partition coefficient (Wildman–Crippen LogP) is 1.96. The topological polar surface area (TPSA) is 66.8 Å². The van der Waals surface area contributed by atoms with E-state index < -0.39 is 9.84 Å². The van der Waals surface area contributed by atoms with Crippen molar-refractivity contribution in [1.82, 2.24) is 0 Å². The van der Waals surface area contributed by atoms with Crippen molar-refractivity contribution >= 4 is 50.0 Å². The van der Waals surface area contributed by atoms with Gasteiger partial charge in [0.25, 0.3) is 0 Å². The monoisotopic (exact) mass is 344 g/mol. The van der Waals surface area contributed by atoms with Crippen LogP contribution in [0.4, 0.5) is 5.69 Å². The van der Waals surface area contributed by atoms with E-state index in [1.165, 1.54) is 18.7 Å². The zero-order valence-corrected chi connectivity index (χ0v) is 13.6. The Morgan fingerprint density at radius 3 is 2.62 bits per heavy atom. The van der Waals surface area contributed by atoms with Crippen molar-refractivity contribution in [2.75, 3.05) is 16.4 Å². The lowest BCUT2D eigenvalue weighted by Gasteiger charge is -2.24. The molecule has 1 aromatic rings. The number of hydrogen-bond donors (Lipinski definition) is 0. The first-order chi connectivity index (χ1) is 9.85. The molecule has 2 heterocycles. The zero-order chi connectivity index (χ0) is 15.2. The highest BCUT2D eigenvalue weighted by Gasteiger charge is 2.49. The van der Waals surface area contributed by atoms with Crippen LogP contribution < -0.4 is 4.90 Å². The van der Waals surface area contributed by atoms with Gasteiger partial charge in [-0.05, 0) is 24.3 Å². The van der Waals surface area contributed by atoms with Crippen LogP contribution in [-0.4, -0.2) is 42.3 Å². The Labute approximate surface area is 132 Å². The van der Waals surface area contributed by atoms with E-state index in [0.717, 1.165) is 5.69 Å². The van der Waals surface area contributed by atoms with Crippen LogP contribution in [0.1, 0.15) is 6.92 Å². The molecule has 0 radical (unpaired) electrons. The van der Waals surface area contributed by atoms with Gasteiger partial charge in [0, 0.05) is 22.9 Å². The summed E-state index contributed by atoms with van der Waals surface area (Å²) < 4.78 is 23.7. The van der Waals surface area contributed by atoms with E-state index in [4.69, 9.17) is 11.6 Å². The fourth-order valence-corrected chi connectivity index (χ4v) is 6.69. The molecule has 5 nitrogen and oxygen atoms in total. The number of nitrogens with zero attached hydrogens (tertiary/aromatic N) is 2. The number of amidine groups is 1. The number of rotatable bonds is 1. The first-order valence-corrected chi connectivity index (χ1v) is 9.45. The molecule has 1 aromatic carbocycles. The van der Waals surface area contributed by atoms with E-state index in [-0.39, 0.29) is 28.7 Å². The number of anilines is 1. The molecule has 2 aliphatic heterocycles. The molecular weight excluding hydrogens is 332 g/mol. The summed E-state index contributed by atoms with van der Waals surface area (Å²) in [5, 5.41) is 1.09. The van der Waals surface area contributed by atoms with Crippen LogP contribution in [0.2, 0.25) is 5.02 Å². The van der Waals surface area contributed by atoms with E-state index in [9.17, 15) is 13.2 Å². The third-order valence-electron chi connectivity index (χ3n) is 3.42. The number of thioether (sulfide) groups is 1. The molecular formula is C13H13ClN2O3S2. The van der Waals surface area contributed by atoms with E-state index in [0.29, 0.717) is 10.2 Å². The number of fused-ring (bicyclic) bond motifs is 1. The van der Waals surface area contributed by atoms with Crippen molar-refractivity contribution < 1.29 is 13.2 Å². The highest BCUT2D eigenvalue weighted by Crippen LogP contribution is 2.41. The van der Waals surface area contributed by atoms with Crippen molar-refractivity contribution in [3.63, 3.8) is 0 Å². The molecule has 2 aliphatic rings. The van der Waals surface area contributed by atoms with Gasteiger partial charge in [0.1, 0.15) is 0 Å². The lowest BCUT2D eigenvalue weighted by atomic mass is 10.2. The first-order valence-electron chi connectivity index (χ1n) is 6.37. The molecule has 0 unspecified atom stereocenters. The van der Waals surface area contributed by atoms with Gasteiger partial charge >= 0.3 is 0 Å². The summed E-state index contributed by atoms with van der Waals surface area (Å²) in [6.45, 7) is 1.39. The van der Waals surface area contributed by atoms with Crippen LogP contribution in [0.25, 0.3) is 0 Å². The minimum Gasteiger partial charge on any atom is -0.316 e. The zero-order valence-electron chi connectivity index (χ0n) is 11.2. The largest absolute Gasteiger partial charge is 0.316 e. The molecule has 0 aromatic heterocycles. The Morgan fingerprint density at radius 2 is 2.00 bits per heavy atom. The average molecular weight is 345 g/mol. The maximum Gasteiger partial charge on any atom is 0.244 e. The number of halogens is 1. The quantitative estimate of drug-likeness (QED) is 0.779. The molecule has 0 bridgehead atoms. The summed E-state index contributed by atoms with van der Waals surface area (Å²) in [7, 11) is -3.03. The van der Waals surface area contributed by atoms with Gasteiger partial charge in [-0.15, -0.1) is 0 Å². The highest BCUT2D eigenvalue weighted by molar-refractivity contribution is 8.16. The Hall–Kier alpha value is -1.05. The maximum absolute atomic E-state index is 11.8. The van der Waals surface area contributed by atoms with E-state index >= 15 is 0 Å². The minimum atomic E-state index is -3.03. The molecule has 8 heteroatoms. The number of carbonyl (C=O) groups is 1. The Kier molecular flexibility index (Phi) is 3.75. The van der Waals surface area contributed by atoms with E-state index in [1.54, 1.807) is 12.1 Å². The second kappa shape index (κ2) is 5.30. The molecule has 0 aliphatic carbocycles. The van der Waals surface area contributed by atoms with Crippen molar-refractivity contribution in [3.05, 3.63) is 29.3 Å². The predicted molar refractivity (Wildman–Crippen MR) is 85.9 cm³/mol. The van der Waals surface area contributed by atoms with Crippen LogP contribution in [-0.2, 0) is 14.6 Å². The fraction of sp³-hybridized carbons (Fsp3) is 0.385. The number of carbonyl (C=O) groups excluding carboxylic acids is 1. The third-order valence-corrected chi connectivity index (χ3v) is 6.89. The summed E-state index contributed by atoms with van der Waals surface area (Å²) in [6.07, 6.45) is 0. The summed E-state index contributed by atoms with van der Waals surface area (Å²) >= 11 is 7.25. The van der Waals surface area contributed by atoms with Crippen LogP contribution in [0.15, 0.2) is 29.3 Å². The summed E-state index contributed by atoms with van der Waals surface area (Å²) in [5.74, 6) is -0.0765. The van der Waals surface area contributed by atoms with Crippen molar-refractivity contribution in [1.29, 1.82) is 0 Å². The van der Waals surface area contributed by atoms with Crippen molar-refractivity contribution in [2.45, 2.75) is 18.2 Å². The molecule has 0 saturated carbocycles. The van der Waals surface area contributed by atoms with E-state index in [2.05, 4.69) is 4.99 Å². The van der Waals surface area contributed by atoms with Crippen LogP contribution in [0.3, 0.4) is 0 Å². The first kappa shape index (κ1) is 14.9. The van der Waals surface area contributed by atoms with Gasteiger partial charge in [0.05, 0.1) is 17.5 Å². The summed E-state index contributed by atoms with van der Waals surface area (Å²) in [5.41, 5.74) is 0.802. The summed E-state index contributed by atoms with van der Waals surface area (Å²) in [6, 6.07) is 6.92. The second-order valence-corrected chi connectivity index (χ2v) is 8.86. The SMILES string of the molecule is CC(=O)N=C1S[C@@H]2CS(=O)(=O)C[C@@H]2N1c1ccc(Cl)cc1. The molecule has 21 heavy (non-hydrogen) atoms. The number of benzene rings is 1. The molecule has 2 atom stereocenters. The van der Waals surface area contributed by atoms with Gasteiger partial charge in [-0.3, -0.25) is 4.79 Å². The van der Waals surface area contributed by atoms with Crippen LogP contribution in [0.5, 0.6) is 0 Å². The lowest BCUT2D eigenvalue weighted by molar-refractivity contribution is -0.115. The van der Waals surface area contributed by atoms with Crippen molar-refractivity contribution in [3.8, 4) is 0 Å². The molecule has 0 N–H and O–H groups in total. The van der Waals surface area contributed by atoms with Gasteiger partial charge in [-0.1, -0.05) is 23.4 Å². The molecule has 2 fully saturated rings. The molecule has 1 amide bonds. The van der Waals surface area contributed by atoms with Crippen LogP contribution >= 0.6 is 23.4 Å². The number of sulfone groups is 1. The third kappa shape index (κ3) is 2.95. The van der Waals surface area contributed by atoms with Gasteiger partial charge in [0.2, 0.25) is 5.91 Å². The number of hydrogen-bond acceptors (Lipinski definition) is 4. The van der Waals surface area contributed by atoms with Crippen molar-refractivity contribution in [2.24, 2.45) is 4.99 Å². The van der Waals surface area contributed by atoms with Crippen LogP contribution in [0, 0.1) is 0 Å². The standard InChI is InChI=1S/C13H13ClN2O3S2/c1-8(17)15-13-16(10-4-2-9(14)3-5-10)11-6-21(18,19)7-12(11)20-13/h2-5,11-12H,6-7H2,1H3/t11-,12+/m0/s1. The molecule has 0 spiro atoms. The van der Waals surface area contributed by atoms with Gasteiger partial charge in [-0.25, -0.2) is 8.42 Å². The molecule has 112 valence electrons. The average Bonchev–Trinajstić information content (AvgIpc) is 2.81. The Balaban J connectivity index is 2.02. The normalized spacial score (nSPS) is 28.9. The molecule has 2 saturated heterocycles. The van der Waals surface area contributed by atoms with Gasteiger partial charge in [0.15, 0.2) is 15.0 Å². The number of amides is 1. The van der Waals surface area contributed by atoms with Gasteiger partial charge < -0.3 is 4.90 Å². The van der Waals surface area contributed by atoms with E-state index in [1.807, 2.05) is 17.0 Å². The minimum absolute atomic E-state index is 0.0798. The lowest BCUT2D eigenvalue weighted by Crippen LogP contribution is -2.37. The maximum atomic E-state index is 11.8. The smallest absolute Gasteiger partial charge is 0.244 e. The van der Waals surface area contributed by atoms with Gasteiger partial charge in [-0.2, -0.15) is 4.99 Å². The second-order valence-electron chi connectivity index (χ2n) is 5.06. The molecule has 3 rings (SSSR count).